The number of nitrogen functional groups attached to an aromatic ring is 1. The van der Waals surface area contributed by atoms with Crippen LogP contribution in [0.5, 0.6) is 0 Å². The smallest absolute Gasteiger partial charge is 0.159 e. The number of hydrogen-bond acceptors (Lipinski definition) is 5. The number of aromatic nitrogens is 4. The maximum Gasteiger partial charge on any atom is 0.159 e. The zero-order chi connectivity index (χ0) is 17.9. The zero-order valence-electron chi connectivity index (χ0n) is 14.2. The second kappa shape index (κ2) is 7.01. The molecule has 0 aliphatic heterocycles. The van der Waals surface area contributed by atoms with Gasteiger partial charge in [-0.15, -0.1) is 0 Å². The number of nitrogens with two attached hydrogens (primary N) is 1. The fraction of sp³-hybridized carbons (Fsp3) is 0.0500. The van der Waals surface area contributed by atoms with Crippen molar-refractivity contribution in [3.8, 4) is 22.6 Å². The first-order valence-electron chi connectivity index (χ1n) is 8.13. The van der Waals surface area contributed by atoms with Crippen LogP contribution in [0.2, 0.25) is 0 Å². The molecule has 1 aromatic carbocycles. The molecule has 0 saturated carbocycles. The Kier molecular flexibility index (Phi) is 4.41. The van der Waals surface area contributed by atoms with Crippen LogP contribution < -0.4 is 5.73 Å². The van der Waals surface area contributed by atoms with E-state index < -0.39 is 0 Å². The quantitative estimate of drug-likeness (QED) is 0.589. The molecule has 0 aliphatic rings. The Bertz CT molecular complexity index is 1030. The van der Waals surface area contributed by atoms with Crippen molar-refractivity contribution < 1.29 is 0 Å². The lowest BCUT2D eigenvalue weighted by Crippen LogP contribution is -1.95. The van der Waals surface area contributed by atoms with Gasteiger partial charge in [-0.1, -0.05) is 42.1 Å². The number of rotatable bonds is 4. The van der Waals surface area contributed by atoms with Gasteiger partial charge in [0.2, 0.25) is 0 Å². The van der Waals surface area contributed by atoms with Crippen LogP contribution in [0.15, 0.2) is 83.2 Å². The highest BCUT2D eigenvalue weighted by Gasteiger charge is 2.14. The van der Waals surface area contributed by atoms with E-state index in [0.29, 0.717) is 5.82 Å². The van der Waals surface area contributed by atoms with Gasteiger partial charge in [0.25, 0.3) is 0 Å². The van der Waals surface area contributed by atoms with Crippen molar-refractivity contribution in [2.75, 3.05) is 5.73 Å². The molecule has 0 unspecified atom stereocenters. The number of aryl methyl sites for hydroxylation is 1. The van der Waals surface area contributed by atoms with Gasteiger partial charge in [-0.3, -0.25) is 4.98 Å². The highest BCUT2D eigenvalue weighted by atomic mass is 32.2. The number of hydrogen-bond donors (Lipinski definition) is 1. The van der Waals surface area contributed by atoms with Crippen LogP contribution in [0.1, 0.15) is 0 Å². The molecule has 0 bridgehead atoms. The molecule has 0 spiro atoms. The molecular formula is C20H17N5S. The largest absolute Gasteiger partial charge is 0.397 e. The van der Waals surface area contributed by atoms with Gasteiger partial charge in [0.15, 0.2) is 5.82 Å². The van der Waals surface area contributed by atoms with E-state index in [0.717, 1.165) is 32.3 Å². The zero-order valence-corrected chi connectivity index (χ0v) is 15.0. The lowest BCUT2D eigenvalue weighted by atomic mass is 10.1. The number of nitrogens with zero attached hydrogens (tertiary/aromatic N) is 4. The summed E-state index contributed by atoms with van der Waals surface area (Å²) in [5, 5.41) is 0. The van der Waals surface area contributed by atoms with Gasteiger partial charge in [-0.05, 0) is 12.1 Å². The van der Waals surface area contributed by atoms with E-state index in [1.54, 1.807) is 24.2 Å². The average Bonchev–Trinajstić information content (AvgIpc) is 3.00. The van der Waals surface area contributed by atoms with Crippen molar-refractivity contribution in [1.82, 2.24) is 19.5 Å². The number of anilines is 1. The Morgan fingerprint density at radius 1 is 0.923 bits per heavy atom. The Balaban J connectivity index is 1.82. The third-order valence-corrected chi connectivity index (χ3v) is 4.99. The van der Waals surface area contributed by atoms with Crippen molar-refractivity contribution in [3.63, 3.8) is 0 Å². The molecule has 128 valence electrons. The fourth-order valence-corrected chi connectivity index (χ4v) is 3.66. The third-order valence-electron chi connectivity index (χ3n) is 3.91. The van der Waals surface area contributed by atoms with Gasteiger partial charge in [0.05, 0.1) is 21.2 Å². The van der Waals surface area contributed by atoms with Crippen molar-refractivity contribution in [1.29, 1.82) is 0 Å². The first-order valence-corrected chi connectivity index (χ1v) is 8.94. The molecule has 0 atom stereocenters. The summed E-state index contributed by atoms with van der Waals surface area (Å²) >= 11 is 1.58. The monoisotopic (exact) mass is 359 g/mol. The molecule has 26 heavy (non-hydrogen) atoms. The van der Waals surface area contributed by atoms with Crippen LogP contribution in [-0.2, 0) is 7.05 Å². The van der Waals surface area contributed by atoms with E-state index in [2.05, 4.69) is 22.1 Å². The van der Waals surface area contributed by atoms with E-state index >= 15 is 0 Å². The maximum atomic E-state index is 6.11. The first kappa shape index (κ1) is 16.4. The fourth-order valence-electron chi connectivity index (χ4n) is 2.67. The molecule has 0 aliphatic carbocycles. The predicted molar refractivity (Wildman–Crippen MR) is 105 cm³/mol. The number of benzene rings is 1. The lowest BCUT2D eigenvalue weighted by molar-refractivity contribution is 0.920. The topological polar surface area (TPSA) is 69.6 Å². The van der Waals surface area contributed by atoms with Crippen LogP contribution >= 0.6 is 11.8 Å². The molecular weight excluding hydrogens is 342 g/mol. The molecule has 3 heterocycles. The molecule has 5 nitrogen and oxygen atoms in total. The van der Waals surface area contributed by atoms with E-state index in [9.17, 15) is 0 Å². The van der Waals surface area contributed by atoms with Gasteiger partial charge < -0.3 is 10.3 Å². The molecule has 4 aromatic rings. The molecule has 0 amide bonds. The van der Waals surface area contributed by atoms with Crippen molar-refractivity contribution in [2.45, 2.75) is 9.79 Å². The molecule has 6 heteroatoms. The van der Waals surface area contributed by atoms with E-state index in [-0.39, 0.29) is 0 Å². The summed E-state index contributed by atoms with van der Waals surface area (Å²) < 4.78 is 1.95. The first-order chi connectivity index (χ1) is 12.7. The number of pyridine rings is 1. The van der Waals surface area contributed by atoms with Crippen molar-refractivity contribution in [3.05, 3.63) is 73.4 Å². The van der Waals surface area contributed by atoms with Crippen LogP contribution in [0.3, 0.4) is 0 Å². The summed E-state index contributed by atoms with van der Waals surface area (Å²) in [6, 6.07) is 13.9. The van der Waals surface area contributed by atoms with Crippen molar-refractivity contribution >= 4 is 17.4 Å². The average molecular weight is 359 g/mol. The Hall–Kier alpha value is -3.12. The molecule has 0 radical (unpaired) electrons. The van der Waals surface area contributed by atoms with Crippen LogP contribution in [0.25, 0.3) is 22.6 Å². The maximum absolute atomic E-state index is 6.11. The molecule has 4 rings (SSSR count). The molecule has 2 N–H and O–H groups in total. The van der Waals surface area contributed by atoms with Gasteiger partial charge in [0.1, 0.15) is 0 Å². The Morgan fingerprint density at radius 2 is 1.69 bits per heavy atom. The lowest BCUT2D eigenvalue weighted by Gasteiger charge is -2.10. The van der Waals surface area contributed by atoms with Crippen molar-refractivity contribution in [2.24, 2.45) is 7.05 Å². The normalized spacial score (nSPS) is 10.8. The molecule has 0 saturated heterocycles. The van der Waals surface area contributed by atoms with Gasteiger partial charge in [-0.2, -0.15) is 0 Å². The van der Waals surface area contributed by atoms with Crippen LogP contribution in [0.4, 0.5) is 5.69 Å². The third kappa shape index (κ3) is 3.32. The minimum atomic E-state index is 0.677. The summed E-state index contributed by atoms with van der Waals surface area (Å²) in [7, 11) is 1.96. The SMILES string of the molecule is Cn1cc(N)c(Sc2cnc(-c3ccncc3)nc2-c2ccccc2)c1. The Morgan fingerprint density at radius 3 is 2.38 bits per heavy atom. The summed E-state index contributed by atoms with van der Waals surface area (Å²) in [5.74, 6) is 0.677. The van der Waals surface area contributed by atoms with Gasteiger partial charge >= 0.3 is 0 Å². The summed E-state index contributed by atoms with van der Waals surface area (Å²) in [6.07, 6.45) is 9.26. The minimum Gasteiger partial charge on any atom is -0.397 e. The minimum absolute atomic E-state index is 0.677. The highest BCUT2D eigenvalue weighted by Crippen LogP contribution is 2.38. The van der Waals surface area contributed by atoms with Gasteiger partial charge in [0, 0.05) is 49.2 Å². The molecule has 3 aromatic heterocycles. The summed E-state index contributed by atoms with van der Waals surface area (Å²) in [6.45, 7) is 0. The van der Waals surface area contributed by atoms with E-state index in [1.807, 2.05) is 60.5 Å². The van der Waals surface area contributed by atoms with Crippen LogP contribution in [-0.4, -0.2) is 19.5 Å². The van der Waals surface area contributed by atoms with E-state index in [1.165, 1.54) is 0 Å². The predicted octanol–water partition coefficient (Wildman–Crippen LogP) is 4.28. The van der Waals surface area contributed by atoms with E-state index in [4.69, 9.17) is 10.7 Å². The summed E-state index contributed by atoms with van der Waals surface area (Å²) in [5.41, 5.74) is 9.73. The van der Waals surface area contributed by atoms with Crippen LogP contribution in [0, 0.1) is 0 Å². The summed E-state index contributed by atoms with van der Waals surface area (Å²) in [4.78, 5) is 15.4. The van der Waals surface area contributed by atoms with Gasteiger partial charge in [-0.25, -0.2) is 9.97 Å². The highest BCUT2D eigenvalue weighted by molar-refractivity contribution is 7.99. The molecule has 0 fully saturated rings. The Labute approximate surface area is 156 Å². The second-order valence-corrected chi connectivity index (χ2v) is 6.94. The second-order valence-electron chi connectivity index (χ2n) is 5.85. The standard InChI is InChI=1S/C20H17N5S/c1-25-12-16(21)18(13-25)26-17-11-23-20(15-7-9-22-10-8-15)24-19(17)14-5-3-2-4-6-14/h2-13H,21H2,1H3.